The summed E-state index contributed by atoms with van der Waals surface area (Å²) in [5, 5.41) is 5.12. The van der Waals surface area contributed by atoms with Crippen molar-refractivity contribution in [1.82, 2.24) is 5.32 Å². The summed E-state index contributed by atoms with van der Waals surface area (Å²) in [5.74, 6) is 1.46. The van der Waals surface area contributed by atoms with Gasteiger partial charge in [0.25, 0.3) is 5.91 Å². The van der Waals surface area contributed by atoms with Crippen LogP contribution in [0.25, 0.3) is 10.8 Å². The van der Waals surface area contributed by atoms with E-state index in [0.29, 0.717) is 19.6 Å². The molecule has 0 unspecified atom stereocenters. The number of rotatable bonds is 8. The summed E-state index contributed by atoms with van der Waals surface area (Å²) in [6.07, 6.45) is 0.0849. The molecular formula is C24H27NO3. The van der Waals surface area contributed by atoms with E-state index in [1.807, 2.05) is 69.3 Å². The number of carbonyl (C=O) groups is 1. The molecule has 1 amide bonds. The lowest BCUT2D eigenvalue weighted by Gasteiger charge is -2.19. The van der Waals surface area contributed by atoms with Gasteiger partial charge in [0.1, 0.15) is 18.1 Å². The van der Waals surface area contributed by atoms with Crippen LogP contribution in [-0.2, 0) is 4.79 Å². The van der Waals surface area contributed by atoms with Crippen LogP contribution in [0.5, 0.6) is 11.5 Å². The first-order valence-corrected chi connectivity index (χ1v) is 9.70. The van der Waals surface area contributed by atoms with Crippen molar-refractivity contribution in [2.45, 2.75) is 33.3 Å². The Morgan fingerprint density at radius 2 is 1.79 bits per heavy atom. The van der Waals surface area contributed by atoms with Crippen LogP contribution < -0.4 is 14.8 Å². The lowest BCUT2D eigenvalue weighted by Crippen LogP contribution is -2.39. The van der Waals surface area contributed by atoms with Crippen LogP contribution in [0.15, 0.2) is 60.7 Å². The molecule has 3 rings (SSSR count). The van der Waals surface area contributed by atoms with Gasteiger partial charge in [-0.1, -0.05) is 55.5 Å². The molecule has 0 bridgehead atoms. The molecule has 0 saturated heterocycles. The zero-order valence-corrected chi connectivity index (χ0v) is 16.7. The highest BCUT2D eigenvalue weighted by Crippen LogP contribution is 2.25. The van der Waals surface area contributed by atoms with Gasteiger partial charge < -0.3 is 14.8 Å². The van der Waals surface area contributed by atoms with Crippen LogP contribution >= 0.6 is 0 Å². The highest BCUT2D eigenvalue weighted by atomic mass is 16.5. The molecule has 4 nitrogen and oxygen atoms in total. The van der Waals surface area contributed by atoms with Crippen molar-refractivity contribution < 1.29 is 14.3 Å². The molecule has 0 saturated carbocycles. The van der Waals surface area contributed by atoms with Crippen LogP contribution in [0.2, 0.25) is 0 Å². The summed E-state index contributed by atoms with van der Waals surface area (Å²) in [6.45, 7) is 6.77. The zero-order valence-electron chi connectivity index (χ0n) is 16.7. The Morgan fingerprint density at radius 1 is 1.00 bits per heavy atom. The van der Waals surface area contributed by atoms with Crippen LogP contribution in [-0.4, -0.2) is 25.2 Å². The van der Waals surface area contributed by atoms with Gasteiger partial charge in [-0.25, -0.2) is 0 Å². The smallest absolute Gasteiger partial charge is 0.261 e. The average Bonchev–Trinajstić information content (AvgIpc) is 2.71. The third kappa shape index (κ3) is 4.83. The number of ether oxygens (including phenoxy) is 2. The van der Waals surface area contributed by atoms with Crippen molar-refractivity contribution in [3.8, 4) is 11.5 Å². The monoisotopic (exact) mass is 377 g/mol. The van der Waals surface area contributed by atoms with Crippen molar-refractivity contribution in [3.63, 3.8) is 0 Å². The van der Waals surface area contributed by atoms with Gasteiger partial charge in [0, 0.05) is 5.39 Å². The molecule has 0 aromatic heterocycles. The first-order chi connectivity index (χ1) is 13.6. The van der Waals surface area contributed by atoms with Gasteiger partial charge in [-0.05, 0) is 48.9 Å². The molecule has 146 valence electrons. The topological polar surface area (TPSA) is 47.6 Å². The van der Waals surface area contributed by atoms with Gasteiger partial charge in [-0.3, -0.25) is 4.79 Å². The van der Waals surface area contributed by atoms with E-state index in [0.717, 1.165) is 33.4 Å². The maximum Gasteiger partial charge on any atom is 0.261 e. The second kappa shape index (κ2) is 9.27. The summed E-state index contributed by atoms with van der Waals surface area (Å²) in [5.41, 5.74) is 2.13. The molecule has 0 aliphatic carbocycles. The summed E-state index contributed by atoms with van der Waals surface area (Å²) >= 11 is 0. The van der Waals surface area contributed by atoms with Crippen LogP contribution in [0, 0.1) is 13.8 Å². The second-order valence-corrected chi connectivity index (χ2v) is 6.90. The highest BCUT2D eigenvalue weighted by molar-refractivity contribution is 5.88. The lowest BCUT2D eigenvalue weighted by atomic mass is 10.1. The van der Waals surface area contributed by atoms with Crippen LogP contribution in [0.1, 0.15) is 24.5 Å². The van der Waals surface area contributed by atoms with E-state index in [1.54, 1.807) is 0 Å². The van der Waals surface area contributed by atoms with Gasteiger partial charge in [0.15, 0.2) is 6.10 Å². The van der Waals surface area contributed by atoms with E-state index >= 15 is 0 Å². The molecule has 1 atom stereocenters. The Bertz CT molecular complexity index is 946. The van der Waals surface area contributed by atoms with E-state index in [-0.39, 0.29) is 5.91 Å². The number of aryl methyl sites for hydroxylation is 2. The Morgan fingerprint density at radius 3 is 2.61 bits per heavy atom. The lowest BCUT2D eigenvalue weighted by molar-refractivity contribution is -0.128. The molecule has 3 aromatic rings. The zero-order chi connectivity index (χ0) is 19.9. The summed E-state index contributed by atoms with van der Waals surface area (Å²) in [7, 11) is 0. The normalized spacial score (nSPS) is 11.8. The van der Waals surface area contributed by atoms with E-state index in [1.165, 1.54) is 0 Å². The number of carbonyl (C=O) groups excluding carboxylic acids is 1. The molecule has 1 N–H and O–H groups in total. The molecule has 0 fully saturated rings. The minimum atomic E-state index is -0.516. The largest absolute Gasteiger partial charge is 0.491 e. The molecule has 4 heteroatoms. The fourth-order valence-corrected chi connectivity index (χ4v) is 3.08. The predicted octanol–water partition coefficient (Wildman–Crippen LogP) is 4.81. The average molecular weight is 377 g/mol. The minimum Gasteiger partial charge on any atom is -0.491 e. The maximum absolute atomic E-state index is 12.5. The number of hydrogen-bond donors (Lipinski definition) is 1. The number of benzene rings is 3. The predicted molar refractivity (Wildman–Crippen MR) is 113 cm³/mol. The molecule has 0 spiro atoms. The van der Waals surface area contributed by atoms with Gasteiger partial charge in [-0.15, -0.1) is 0 Å². The van der Waals surface area contributed by atoms with Crippen molar-refractivity contribution in [1.29, 1.82) is 0 Å². The maximum atomic E-state index is 12.5. The number of fused-ring (bicyclic) bond motifs is 1. The molecule has 0 aliphatic rings. The van der Waals surface area contributed by atoms with E-state index in [2.05, 4.69) is 17.4 Å². The third-order valence-electron chi connectivity index (χ3n) is 4.68. The molecule has 0 heterocycles. The fourth-order valence-electron chi connectivity index (χ4n) is 3.08. The quantitative estimate of drug-likeness (QED) is 0.573. The number of amides is 1. The highest BCUT2D eigenvalue weighted by Gasteiger charge is 2.18. The van der Waals surface area contributed by atoms with Gasteiger partial charge in [0.2, 0.25) is 0 Å². The Labute approximate surface area is 166 Å². The van der Waals surface area contributed by atoms with Gasteiger partial charge in [0.05, 0.1) is 6.54 Å². The Balaban J connectivity index is 1.53. The van der Waals surface area contributed by atoms with Gasteiger partial charge >= 0.3 is 0 Å². The van der Waals surface area contributed by atoms with E-state index in [4.69, 9.17) is 9.47 Å². The van der Waals surface area contributed by atoms with Crippen molar-refractivity contribution >= 4 is 16.7 Å². The first-order valence-electron chi connectivity index (χ1n) is 9.70. The van der Waals surface area contributed by atoms with Crippen molar-refractivity contribution in [3.05, 3.63) is 71.8 Å². The van der Waals surface area contributed by atoms with Gasteiger partial charge in [-0.2, -0.15) is 0 Å². The standard InChI is InChI=1S/C24H27NO3/c1-4-21(28-23-16-17(2)12-13-18(23)3)24(26)25-14-15-27-22-11-7-9-19-8-5-6-10-20(19)22/h5-13,16,21H,4,14-15H2,1-3H3,(H,25,26)/t21-/m1/s1. The molecule has 3 aromatic carbocycles. The Kier molecular flexibility index (Phi) is 6.53. The molecule has 0 radical (unpaired) electrons. The van der Waals surface area contributed by atoms with E-state index in [9.17, 15) is 4.79 Å². The summed E-state index contributed by atoms with van der Waals surface area (Å²) < 4.78 is 11.8. The molecule has 28 heavy (non-hydrogen) atoms. The number of nitrogens with one attached hydrogen (secondary N) is 1. The van der Waals surface area contributed by atoms with Crippen LogP contribution in [0.3, 0.4) is 0 Å². The first kappa shape index (κ1) is 19.7. The fraction of sp³-hybridized carbons (Fsp3) is 0.292. The summed E-state index contributed by atoms with van der Waals surface area (Å²) in [6, 6.07) is 20.1. The van der Waals surface area contributed by atoms with Crippen LogP contribution in [0.4, 0.5) is 0 Å². The SMILES string of the molecule is CC[C@@H](Oc1cc(C)ccc1C)C(=O)NCCOc1cccc2ccccc12. The number of hydrogen-bond acceptors (Lipinski definition) is 3. The minimum absolute atomic E-state index is 0.120. The van der Waals surface area contributed by atoms with E-state index < -0.39 is 6.10 Å². The molecular weight excluding hydrogens is 350 g/mol. The third-order valence-corrected chi connectivity index (χ3v) is 4.68. The van der Waals surface area contributed by atoms with Crippen molar-refractivity contribution in [2.24, 2.45) is 0 Å². The molecule has 0 aliphatic heterocycles. The second-order valence-electron chi connectivity index (χ2n) is 6.90. The van der Waals surface area contributed by atoms with Crippen molar-refractivity contribution in [2.75, 3.05) is 13.2 Å². The summed E-state index contributed by atoms with van der Waals surface area (Å²) in [4.78, 5) is 12.5. The Hall–Kier alpha value is -3.01.